The molecule has 4 heteroatoms. The number of anilines is 1. The van der Waals surface area contributed by atoms with Crippen LogP contribution in [0.3, 0.4) is 0 Å². The van der Waals surface area contributed by atoms with Gasteiger partial charge in [-0.3, -0.25) is 0 Å². The van der Waals surface area contributed by atoms with Crippen molar-refractivity contribution in [2.24, 2.45) is 0 Å². The molecule has 4 nitrogen and oxygen atoms in total. The lowest BCUT2D eigenvalue weighted by atomic mass is 10.1. The summed E-state index contributed by atoms with van der Waals surface area (Å²) in [4.78, 5) is 4.62. The zero-order valence-corrected chi connectivity index (χ0v) is 13.4. The van der Waals surface area contributed by atoms with Gasteiger partial charge in [-0.05, 0) is 51.5 Å². The minimum atomic E-state index is 0.177. The number of aryl methyl sites for hydroxylation is 1. The summed E-state index contributed by atoms with van der Waals surface area (Å²) in [6.07, 6.45) is 2.44. The summed E-state index contributed by atoms with van der Waals surface area (Å²) in [5.41, 5.74) is 8.16. The third kappa shape index (κ3) is 3.57. The Hall–Kier alpha value is -1.97. The number of benzene rings is 1. The number of nitrogen functional groups attached to an aromatic ring is 1. The summed E-state index contributed by atoms with van der Waals surface area (Å²) in [6.45, 7) is 9.15. The zero-order valence-electron chi connectivity index (χ0n) is 13.4. The van der Waals surface area contributed by atoms with Gasteiger partial charge in [0.15, 0.2) is 0 Å². The second-order valence-corrected chi connectivity index (χ2v) is 5.59. The summed E-state index contributed by atoms with van der Waals surface area (Å²) in [7, 11) is 0. The van der Waals surface area contributed by atoms with E-state index in [-0.39, 0.29) is 6.10 Å². The molecule has 2 N–H and O–H groups in total. The first-order chi connectivity index (χ1) is 10.0. The van der Waals surface area contributed by atoms with E-state index in [0.29, 0.717) is 0 Å². The van der Waals surface area contributed by atoms with Crippen molar-refractivity contribution in [1.29, 1.82) is 0 Å². The van der Waals surface area contributed by atoms with Crippen LogP contribution in [0.5, 0.6) is 5.75 Å². The van der Waals surface area contributed by atoms with Crippen LogP contribution in [0.25, 0.3) is 11.3 Å². The fourth-order valence-electron chi connectivity index (χ4n) is 2.36. The number of imidazole rings is 1. The fourth-order valence-corrected chi connectivity index (χ4v) is 2.36. The minimum Gasteiger partial charge on any atom is -0.491 e. The van der Waals surface area contributed by atoms with Gasteiger partial charge >= 0.3 is 0 Å². The van der Waals surface area contributed by atoms with Crippen LogP contribution in [-0.4, -0.2) is 15.7 Å². The molecule has 0 aliphatic heterocycles. The van der Waals surface area contributed by atoms with Crippen molar-refractivity contribution < 1.29 is 4.74 Å². The van der Waals surface area contributed by atoms with Gasteiger partial charge in [-0.25, -0.2) is 4.98 Å². The Morgan fingerprint density at radius 3 is 2.48 bits per heavy atom. The first-order valence-corrected chi connectivity index (χ1v) is 7.62. The molecular weight excluding hydrogens is 262 g/mol. The summed E-state index contributed by atoms with van der Waals surface area (Å²) < 4.78 is 7.76. The van der Waals surface area contributed by atoms with E-state index in [1.165, 1.54) is 0 Å². The molecule has 0 atom stereocenters. The van der Waals surface area contributed by atoms with Crippen LogP contribution in [0, 0.1) is 6.92 Å². The molecule has 2 aromatic rings. The molecule has 0 aliphatic carbocycles. The van der Waals surface area contributed by atoms with Gasteiger partial charge < -0.3 is 15.0 Å². The van der Waals surface area contributed by atoms with E-state index < -0.39 is 0 Å². The largest absolute Gasteiger partial charge is 0.491 e. The average molecular weight is 287 g/mol. The van der Waals surface area contributed by atoms with E-state index in [9.17, 15) is 0 Å². The quantitative estimate of drug-likeness (QED) is 0.872. The molecule has 0 saturated heterocycles. The van der Waals surface area contributed by atoms with Gasteiger partial charge in [0.2, 0.25) is 0 Å². The topological polar surface area (TPSA) is 53.1 Å². The number of hydrogen-bond acceptors (Lipinski definition) is 3. The Labute approximate surface area is 127 Å². The second-order valence-electron chi connectivity index (χ2n) is 5.59. The Morgan fingerprint density at radius 2 is 1.90 bits per heavy atom. The van der Waals surface area contributed by atoms with Gasteiger partial charge in [-0.15, -0.1) is 0 Å². The molecular formula is C17H25N3O. The first kappa shape index (κ1) is 15.4. The van der Waals surface area contributed by atoms with Crippen molar-refractivity contribution in [2.75, 3.05) is 5.73 Å². The predicted octanol–water partition coefficient (Wildman–Crippen LogP) is 4.03. The molecule has 2 rings (SSSR count). The highest BCUT2D eigenvalue weighted by Crippen LogP contribution is 2.28. The first-order valence-electron chi connectivity index (χ1n) is 7.62. The number of nitrogens with zero attached hydrogens (tertiary/aromatic N) is 2. The van der Waals surface area contributed by atoms with Crippen molar-refractivity contribution >= 4 is 5.82 Å². The highest BCUT2D eigenvalue weighted by atomic mass is 16.5. The van der Waals surface area contributed by atoms with E-state index in [1.54, 1.807) is 0 Å². The lowest BCUT2D eigenvalue weighted by Crippen LogP contribution is -2.05. The third-order valence-corrected chi connectivity index (χ3v) is 3.43. The Balaban J connectivity index is 2.25. The monoisotopic (exact) mass is 287 g/mol. The highest BCUT2D eigenvalue weighted by Gasteiger charge is 2.13. The number of hydrogen-bond donors (Lipinski definition) is 1. The zero-order chi connectivity index (χ0) is 15.4. The normalized spacial score (nSPS) is 11.1. The molecule has 1 aromatic carbocycles. The van der Waals surface area contributed by atoms with Crippen molar-refractivity contribution in [3.63, 3.8) is 0 Å². The minimum absolute atomic E-state index is 0.177. The SMILES string of the molecule is CCCCn1c(C)nc(-c2ccc(OC(C)C)cc2)c1N. The summed E-state index contributed by atoms with van der Waals surface area (Å²) in [6, 6.07) is 7.96. The standard InChI is InChI=1S/C17H25N3O/c1-5-6-11-20-13(4)19-16(17(20)18)14-7-9-15(10-8-14)21-12(2)3/h7-10,12H,5-6,11,18H2,1-4H3. The molecule has 0 saturated carbocycles. The van der Waals surface area contributed by atoms with E-state index in [1.807, 2.05) is 45.0 Å². The van der Waals surface area contributed by atoms with Gasteiger partial charge in [-0.2, -0.15) is 0 Å². The van der Waals surface area contributed by atoms with Crippen LogP contribution >= 0.6 is 0 Å². The average Bonchev–Trinajstić information content (AvgIpc) is 2.72. The predicted molar refractivity (Wildman–Crippen MR) is 87.5 cm³/mol. The Kier molecular flexibility index (Phi) is 4.89. The van der Waals surface area contributed by atoms with Crippen LogP contribution in [0.4, 0.5) is 5.82 Å². The number of ether oxygens (including phenoxy) is 1. The van der Waals surface area contributed by atoms with E-state index in [0.717, 1.165) is 48.0 Å². The van der Waals surface area contributed by atoms with Crippen LogP contribution in [0.1, 0.15) is 39.4 Å². The molecule has 1 aromatic heterocycles. The Morgan fingerprint density at radius 1 is 1.24 bits per heavy atom. The van der Waals surface area contributed by atoms with Crippen molar-refractivity contribution in [3.05, 3.63) is 30.1 Å². The fraction of sp³-hybridized carbons (Fsp3) is 0.471. The summed E-state index contributed by atoms with van der Waals surface area (Å²) >= 11 is 0. The van der Waals surface area contributed by atoms with E-state index in [2.05, 4.69) is 16.5 Å². The van der Waals surface area contributed by atoms with Crippen molar-refractivity contribution in [3.8, 4) is 17.0 Å². The molecule has 0 amide bonds. The lowest BCUT2D eigenvalue weighted by Gasteiger charge is -2.10. The highest BCUT2D eigenvalue weighted by molar-refractivity contribution is 5.71. The van der Waals surface area contributed by atoms with Crippen molar-refractivity contribution in [1.82, 2.24) is 9.55 Å². The van der Waals surface area contributed by atoms with Gasteiger partial charge in [0, 0.05) is 12.1 Å². The van der Waals surface area contributed by atoms with Gasteiger partial charge in [0.05, 0.1) is 6.10 Å². The van der Waals surface area contributed by atoms with Crippen LogP contribution < -0.4 is 10.5 Å². The van der Waals surface area contributed by atoms with Crippen LogP contribution in [0.15, 0.2) is 24.3 Å². The molecule has 0 spiro atoms. The lowest BCUT2D eigenvalue weighted by molar-refractivity contribution is 0.242. The molecule has 0 radical (unpaired) electrons. The van der Waals surface area contributed by atoms with Crippen molar-refractivity contribution in [2.45, 2.75) is 53.2 Å². The third-order valence-electron chi connectivity index (χ3n) is 3.43. The smallest absolute Gasteiger partial charge is 0.131 e. The maximum atomic E-state index is 6.26. The maximum absolute atomic E-state index is 6.26. The molecule has 0 fully saturated rings. The number of aromatic nitrogens is 2. The van der Waals surface area contributed by atoms with Gasteiger partial charge in [-0.1, -0.05) is 13.3 Å². The summed E-state index contributed by atoms with van der Waals surface area (Å²) in [5.74, 6) is 2.59. The van der Waals surface area contributed by atoms with Gasteiger partial charge in [0.25, 0.3) is 0 Å². The number of unbranched alkanes of at least 4 members (excludes halogenated alkanes) is 1. The molecule has 0 bridgehead atoms. The number of rotatable bonds is 6. The maximum Gasteiger partial charge on any atom is 0.131 e. The molecule has 0 aliphatic rings. The molecule has 1 heterocycles. The van der Waals surface area contributed by atoms with Crippen LogP contribution in [-0.2, 0) is 6.54 Å². The van der Waals surface area contributed by atoms with Gasteiger partial charge in [0.1, 0.15) is 23.1 Å². The molecule has 114 valence electrons. The van der Waals surface area contributed by atoms with E-state index in [4.69, 9.17) is 10.5 Å². The van der Waals surface area contributed by atoms with Crippen LogP contribution in [0.2, 0.25) is 0 Å². The molecule has 21 heavy (non-hydrogen) atoms. The van der Waals surface area contributed by atoms with E-state index >= 15 is 0 Å². The Bertz CT molecular complexity index is 585. The summed E-state index contributed by atoms with van der Waals surface area (Å²) in [5, 5.41) is 0. The second kappa shape index (κ2) is 6.66. The number of nitrogens with two attached hydrogens (primary N) is 1. The molecule has 0 unspecified atom stereocenters.